The number of fused-ring (bicyclic) bond motifs is 2. The predicted molar refractivity (Wildman–Crippen MR) is 95.8 cm³/mol. The SMILES string of the molecule is CC1CC=C2C(C#N)=C(N)C(C#N)(C#N)[C@@H](c3ccc4c(c3)OCO4)[C@@H]2C1. The van der Waals surface area contributed by atoms with E-state index in [9.17, 15) is 15.8 Å². The lowest BCUT2D eigenvalue weighted by molar-refractivity contribution is 0.174. The standard InChI is InChI=1S/C21H18N4O2/c1-12-2-4-14-15(6-12)19(13-3-5-17-18(7-13)27-11-26-17)21(9-23,10-24)20(25)16(14)8-22/h3-5,7,12,15,19H,2,6,11,25H2,1H3/t12?,15-,19+/m1/s1. The number of nitriles is 3. The predicted octanol–water partition coefficient (Wildman–Crippen LogP) is 3.25. The summed E-state index contributed by atoms with van der Waals surface area (Å²) in [6, 6.07) is 11.9. The second-order valence-corrected chi connectivity index (χ2v) is 7.37. The van der Waals surface area contributed by atoms with Crippen LogP contribution in [0, 0.1) is 51.2 Å². The van der Waals surface area contributed by atoms with E-state index in [-0.39, 0.29) is 24.0 Å². The van der Waals surface area contributed by atoms with Gasteiger partial charge in [0.15, 0.2) is 16.9 Å². The topological polar surface area (TPSA) is 116 Å². The first-order chi connectivity index (χ1) is 13.1. The lowest BCUT2D eigenvalue weighted by Gasteiger charge is -2.44. The Morgan fingerprint density at radius 1 is 1.15 bits per heavy atom. The molecule has 1 heterocycles. The van der Waals surface area contributed by atoms with Gasteiger partial charge in [0.05, 0.1) is 23.4 Å². The van der Waals surface area contributed by atoms with Crippen LogP contribution in [0.4, 0.5) is 0 Å². The molecule has 3 aliphatic rings. The van der Waals surface area contributed by atoms with Gasteiger partial charge in [0, 0.05) is 5.92 Å². The van der Waals surface area contributed by atoms with Crippen molar-refractivity contribution >= 4 is 0 Å². The van der Waals surface area contributed by atoms with Gasteiger partial charge in [-0.3, -0.25) is 0 Å². The Morgan fingerprint density at radius 3 is 2.59 bits per heavy atom. The van der Waals surface area contributed by atoms with Gasteiger partial charge in [0.1, 0.15) is 6.07 Å². The number of hydrogen-bond acceptors (Lipinski definition) is 6. The summed E-state index contributed by atoms with van der Waals surface area (Å²) < 4.78 is 10.9. The summed E-state index contributed by atoms with van der Waals surface area (Å²) in [6.07, 6.45) is 3.68. The van der Waals surface area contributed by atoms with E-state index in [0.29, 0.717) is 17.4 Å². The van der Waals surface area contributed by atoms with Crippen LogP contribution < -0.4 is 15.2 Å². The van der Waals surface area contributed by atoms with E-state index in [1.54, 1.807) is 6.07 Å². The molecular formula is C21H18N4O2. The van der Waals surface area contributed by atoms with Gasteiger partial charge in [-0.25, -0.2) is 0 Å². The van der Waals surface area contributed by atoms with Crippen molar-refractivity contribution in [3.05, 3.63) is 46.7 Å². The van der Waals surface area contributed by atoms with Crippen molar-refractivity contribution in [3.8, 4) is 29.7 Å². The molecule has 1 unspecified atom stereocenters. The van der Waals surface area contributed by atoms with Crippen molar-refractivity contribution in [1.82, 2.24) is 0 Å². The molecular weight excluding hydrogens is 340 g/mol. The lowest BCUT2D eigenvalue weighted by atomic mass is 9.56. The zero-order valence-electron chi connectivity index (χ0n) is 14.9. The van der Waals surface area contributed by atoms with Gasteiger partial charge in [-0.1, -0.05) is 19.1 Å². The molecule has 0 spiro atoms. The van der Waals surface area contributed by atoms with Gasteiger partial charge in [0.2, 0.25) is 6.79 Å². The fourth-order valence-corrected chi connectivity index (χ4v) is 4.56. The summed E-state index contributed by atoms with van der Waals surface area (Å²) in [6.45, 7) is 2.29. The second-order valence-electron chi connectivity index (χ2n) is 7.37. The number of hydrogen-bond donors (Lipinski definition) is 1. The molecule has 1 aromatic carbocycles. The van der Waals surface area contributed by atoms with Gasteiger partial charge in [-0.05, 0) is 47.9 Å². The zero-order chi connectivity index (χ0) is 19.2. The van der Waals surface area contributed by atoms with Gasteiger partial charge >= 0.3 is 0 Å². The largest absolute Gasteiger partial charge is 0.454 e. The Hall–Kier alpha value is -3.43. The molecule has 1 aromatic rings. The Bertz CT molecular complexity index is 988. The Labute approximate surface area is 157 Å². The summed E-state index contributed by atoms with van der Waals surface area (Å²) in [7, 11) is 0. The Morgan fingerprint density at radius 2 is 1.89 bits per heavy atom. The molecule has 0 amide bonds. The van der Waals surface area contributed by atoms with Crippen molar-refractivity contribution in [3.63, 3.8) is 0 Å². The second kappa shape index (κ2) is 6.08. The first-order valence-corrected chi connectivity index (χ1v) is 8.88. The molecule has 4 rings (SSSR count). The van der Waals surface area contributed by atoms with Gasteiger partial charge < -0.3 is 15.2 Å². The molecule has 0 aromatic heterocycles. The minimum atomic E-state index is -1.60. The normalized spacial score (nSPS) is 27.6. The van der Waals surface area contributed by atoms with Crippen LogP contribution in [0.1, 0.15) is 31.2 Å². The van der Waals surface area contributed by atoms with E-state index in [0.717, 1.165) is 24.0 Å². The third-order valence-corrected chi connectivity index (χ3v) is 5.87. The molecule has 0 saturated carbocycles. The molecule has 6 heteroatoms. The molecule has 27 heavy (non-hydrogen) atoms. The van der Waals surface area contributed by atoms with Crippen LogP contribution in [0.2, 0.25) is 0 Å². The highest BCUT2D eigenvalue weighted by atomic mass is 16.7. The number of benzene rings is 1. The molecule has 0 fully saturated rings. The maximum atomic E-state index is 10.0. The van der Waals surface area contributed by atoms with Gasteiger partial charge in [-0.15, -0.1) is 0 Å². The monoisotopic (exact) mass is 358 g/mol. The molecule has 3 atom stereocenters. The van der Waals surface area contributed by atoms with Crippen LogP contribution in [-0.2, 0) is 0 Å². The fourth-order valence-electron chi connectivity index (χ4n) is 4.56. The molecule has 2 N–H and O–H groups in total. The van der Waals surface area contributed by atoms with Crippen LogP contribution >= 0.6 is 0 Å². The van der Waals surface area contributed by atoms with E-state index in [2.05, 4.69) is 25.1 Å². The molecule has 1 aliphatic heterocycles. The summed E-state index contributed by atoms with van der Waals surface area (Å²) in [5.74, 6) is 1.02. The van der Waals surface area contributed by atoms with Crippen molar-refractivity contribution in [2.45, 2.75) is 25.7 Å². The van der Waals surface area contributed by atoms with Crippen LogP contribution in [0.25, 0.3) is 0 Å². The van der Waals surface area contributed by atoms with Crippen molar-refractivity contribution < 1.29 is 9.47 Å². The summed E-state index contributed by atoms with van der Waals surface area (Å²) >= 11 is 0. The molecule has 2 aliphatic carbocycles. The maximum Gasteiger partial charge on any atom is 0.231 e. The summed E-state index contributed by atoms with van der Waals surface area (Å²) in [5.41, 5.74) is 6.68. The van der Waals surface area contributed by atoms with Crippen LogP contribution in [0.3, 0.4) is 0 Å². The summed E-state index contributed by atoms with van der Waals surface area (Å²) in [4.78, 5) is 0. The number of nitrogens with zero attached hydrogens (tertiary/aromatic N) is 3. The summed E-state index contributed by atoms with van der Waals surface area (Å²) in [5, 5.41) is 29.8. The van der Waals surface area contributed by atoms with Crippen molar-refractivity contribution in [2.24, 2.45) is 23.0 Å². The van der Waals surface area contributed by atoms with Crippen LogP contribution in [0.5, 0.6) is 11.5 Å². The molecule has 6 nitrogen and oxygen atoms in total. The Kier molecular flexibility index (Phi) is 3.83. The molecule has 134 valence electrons. The molecule has 0 bridgehead atoms. The van der Waals surface area contributed by atoms with E-state index in [1.165, 1.54) is 0 Å². The van der Waals surface area contributed by atoms with Crippen LogP contribution in [0.15, 0.2) is 41.1 Å². The number of rotatable bonds is 1. The van der Waals surface area contributed by atoms with Gasteiger partial charge in [-0.2, -0.15) is 15.8 Å². The maximum absolute atomic E-state index is 10.0. The minimum Gasteiger partial charge on any atom is -0.454 e. The average Bonchev–Trinajstić information content (AvgIpc) is 3.15. The molecule has 0 radical (unpaired) electrons. The minimum absolute atomic E-state index is 0.0507. The first-order valence-electron chi connectivity index (χ1n) is 8.88. The highest BCUT2D eigenvalue weighted by Gasteiger charge is 2.54. The average molecular weight is 358 g/mol. The lowest BCUT2D eigenvalue weighted by Crippen LogP contribution is -2.43. The highest BCUT2D eigenvalue weighted by molar-refractivity contribution is 5.60. The highest BCUT2D eigenvalue weighted by Crippen LogP contribution is 2.57. The zero-order valence-corrected chi connectivity index (χ0v) is 14.9. The van der Waals surface area contributed by atoms with E-state index >= 15 is 0 Å². The fraction of sp³-hybridized carbons (Fsp3) is 0.381. The first kappa shape index (κ1) is 17.0. The van der Waals surface area contributed by atoms with E-state index in [4.69, 9.17) is 15.2 Å². The number of allylic oxidation sites excluding steroid dienone is 4. The van der Waals surface area contributed by atoms with Crippen LogP contribution in [-0.4, -0.2) is 6.79 Å². The third kappa shape index (κ3) is 2.29. The van der Waals surface area contributed by atoms with E-state index in [1.807, 2.05) is 18.2 Å². The Balaban J connectivity index is 1.98. The molecule has 0 saturated heterocycles. The van der Waals surface area contributed by atoms with E-state index < -0.39 is 11.3 Å². The number of nitrogens with two attached hydrogens (primary N) is 1. The number of ether oxygens (including phenoxy) is 2. The third-order valence-electron chi connectivity index (χ3n) is 5.87. The van der Waals surface area contributed by atoms with Crippen molar-refractivity contribution in [1.29, 1.82) is 15.8 Å². The van der Waals surface area contributed by atoms with Gasteiger partial charge in [0.25, 0.3) is 0 Å². The van der Waals surface area contributed by atoms with Crippen molar-refractivity contribution in [2.75, 3.05) is 6.79 Å². The quantitative estimate of drug-likeness (QED) is 0.823. The smallest absolute Gasteiger partial charge is 0.231 e.